The van der Waals surface area contributed by atoms with Gasteiger partial charge in [-0.25, -0.2) is 0 Å². The van der Waals surface area contributed by atoms with E-state index in [1.807, 2.05) is 4.90 Å². The molecule has 0 aliphatic carbocycles. The van der Waals surface area contributed by atoms with Crippen LogP contribution in [0.2, 0.25) is 0 Å². The summed E-state index contributed by atoms with van der Waals surface area (Å²) in [6, 6.07) is -0.268. The maximum absolute atomic E-state index is 11.3. The molecule has 1 amide bonds. The molecule has 0 bridgehead atoms. The minimum absolute atomic E-state index is 0.135. The van der Waals surface area contributed by atoms with Crippen molar-refractivity contribution >= 4 is 5.91 Å². The topological polar surface area (TPSA) is 79.0 Å². The minimum Gasteiger partial charge on any atom is -0.389 e. The van der Waals surface area contributed by atoms with E-state index in [-0.39, 0.29) is 18.1 Å². The van der Waals surface area contributed by atoms with Gasteiger partial charge >= 0.3 is 0 Å². The average molecular weight is 257 g/mol. The first-order chi connectivity index (χ1) is 8.58. The summed E-state index contributed by atoms with van der Waals surface area (Å²) in [7, 11) is 0. The van der Waals surface area contributed by atoms with Crippen molar-refractivity contribution in [2.45, 2.75) is 31.6 Å². The van der Waals surface area contributed by atoms with E-state index in [2.05, 4.69) is 4.90 Å². The SMILES string of the molecule is CC(=O)N1CCCN(CC2OCC(N)C2O)CC1. The third-order valence-electron chi connectivity index (χ3n) is 3.79. The Labute approximate surface area is 108 Å². The number of carbonyl (C=O) groups is 1. The lowest BCUT2D eigenvalue weighted by Gasteiger charge is -2.25. The number of carbonyl (C=O) groups excluding carboxylic acids is 1. The molecule has 18 heavy (non-hydrogen) atoms. The summed E-state index contributed by atoms with van der Waals surface area (Å²) < 4.78 is 5.50. The van der Waals surface area contributed by atoms with Crippen LogP contribution in [0.3, 0.4) is 0 Å². The van der Waals surface area contributed by atoms with Crippen LogP contribution >= 0.6 is 0 Å². The Morgan fingerprint density at radius 1 is 1.39 bits per heavy atom. The first-order valence-electron chi connectivity index (χ1n) is 6.61. The maximum Gasteiger partial charge on any atom is 0.219 e. The van der Waals surface area contributed by atoms with Gasteiger partial charge in [-0.3, -0.25) is 9.69 Å². The summed E-state index contributed by atoms with van der Waals surface area (Å²) in [6.07, 6.45) is 0.204. The molecule has 0 radical (unpaired) electrons. The number of rotatable bonds is 2. The van der Waals surface area contributed by atoms with E-state index in [1.54, 1.807) is 6.92 Å². The molecule has 0 aromatic carbocycles. The molecule has 2 saturated heterocycles. The van der Waals surface area contributed by atoms with Crippen LogP contribution in [0.5, 0.6) is 0 Å². The Morgan fingerprint density at radius 2 is 2.17 bits per heavy atom. The predicted molar refractivity (Wildman–Crippen MR) is 67.0 cm³/mol. The van der Waals surface area contributed by atoms with Crippen molar-refractivity contribution in [2.24, 2.45) is 5.73 Å². The third-order valence-corrected chi connectivity index (χ3v) is 3.79. The number of hydrogen-bond acceptors (Lipinski definition) is 5. The standard InChI is InChI=1S/C12H23N3O3/c1-9(16)15-4-2-3-14(5-6-15)7-11-12(17)10(13)8-18-11/h10-12,17H,2-8,13H2,1H3. The molecule has 3 unspecified atom stereocenters. The zero-order valence-corrected chi connectivity index (χ0v) is 10.9. The van der Waals surface area contributed by atoms with Gasteiger partial charge in [0, 0.05) is 33.1 Å². The van der Waals surface area contributed by atoms with Gasteiger partial charge in [-0.1, -0.05) is 0 Å². The first kappa shape index (κ1) is 13.7. The third kappa shape index (κ3) is 3.20. The molecule has 0 aromatic rings. The number of nitrogens with two attached hydrogens (primary N) is 1. The Hall–Kier alpha value is -0.690. The number of hydrogen-bond donors (Lipinski definition) is 2. The van der Waals surface area contributed by atoms with Crippen LogP contribution in [0.15, 0.2) is 0 Å². The quantitative estimate of drug-likeness (QED) is 0.638. The van der Waals surface area contributed by atoms with Crippen LogP contribution in [0.4, 0.5) is 0 Å². The van der Waals surface area contributed by atoms with Crippen molar-refractivity contribution in [3.05, 3.63) is 0 Å². The van der Waals surface area contributed by atoms with Crippen molar-refractivity contribution in [2.75, 3.05) is 39.3 Å². The molecule has 104 valence electrons. The molecule has 2 rings (SSSR count). The van der Waals surface area contributed by atoms with Crippen LogP contribution < -0.4 is 5.73 Å². The molecule has 3 atom stereocenters. The highest BCUT2D eigenvalue weighted by atomic mass is 16.5. The molecular formula is C12H23N3O3. The molecule has 0 saturated carbocycles. The van der Waals surface area contributed by atoms with Crippen LogP contribution in [0.1, 0.15) is 13.3 Å². The molecular weight excluding hydrogens is 234 g/mol. The highest BCUT2D eigenvalue weighted by Gasteiger charge is 2.34. The number of aliphatic hydroxyl groups is 1. The lowest BCUT2D eigenvalue weighted by molar-refractivity contribution is -0.128. The summed E-state index contributed by atoms with van der Waals surface area (Å²) >= 11 is 0. The normalized spacial score (nSPS) is 34.6. The maximum atomic E-state index is 11.3. The van der Waals surface area contributed by atoms with E-state index in [0.29, 0.717) is 13.2 Å². The molecule has 0 spiro atoms. The monoisotopic (exact) mass is 257 g/mol. The van der Waals surface area contributed by atoms with Gasteiger partial charge in [-0.2, -0.15) is 0 Å². The Morgan fingerprint density at radius 3 is 2.78 bits per heavy atom. The van der Waals surface area contributed by atoms with Crippen molar-refractivity contribution in [1.82, 2.24) is 9.80 Å². The number of amides is 1. The fraction of sp³-hybridized carbons (Fsp3) is 0.917. The first-order valence-corrected chi connectivity index (χ1v) is 6.61. The largest absolute Gasteiger partial charge is 0.389 e. The molecule has 2 fully saturated rings. The molecule has 2 aliphatic rings. The molecule has 0 aromatic heterocycles. The molecule has 6 nitrogen and oxygen atoms in total. The summed E-state index contributed by atoms with van der Waals surface area (Å²) in [6.45, 7) is 6.08. The summed E-state index contributed by atoms with van der Waals surface area (Å²) in [5.41, 5.74) is 5.72. The molecule has 3 N–H and O–H groups in total. The predicted octanol–water partition coefficient (Wildman–Crippen LogP) is -1.37. The Balaban J connectivity index is 1.82. The van der Waals surface area contributed by atoms with Gasteiger partial charge in [0.1, 0.15) is 0 Å². The second-order valence-corrected chi connectivity index (χ2v) is 5.19. The van der Waals surface area contributed by atoms with Crippen LogP contribution in [-0.4, -0.2) is 78.4 Å². The smallest absolute Gasteiger partial charge is 0.219 e. The van der Waals surface area contributed by atoms with Gasteiger partial charge in [0.05, 0.1) is 24.9 Å². The van der Waals surface area contributed by atoms with Crippen molar-refractivity contribution in [3.8, 4) is 0 Å². The van der Waals surface area contributed by atoms with E-state index in [0.717, 1.165) is 32.6 Å². The lowest BCUT2D eigenvalue weighted by atomic mass is 10.1. The van der Waals surface area contributed by atoms with Crippen LogP contribution in [-0.2, 0) is 9.53 Å². The lowest BCUT2D eigenvalue weighted by Crippen LogP contribution is -2.43. The minimum atomic E-state index is -0.572. The number of aliphatic hydroxyl groups excluding tert-OH is 1. The Kier molecular flexibility index (Phi) is 4.55. The van der Waals surface area contributed by atoms with Gasteiger partial charge in [-0.15, -0.1) is 0 Å². The van der Waals surface area contributed by atoms with E-state index in [1.165, 1.54) is 0 Å². The van der Waals surface area contributed by atoms with E-state index in [4.69, 9.17) is 10.5 Å². The second-order valence-electron chi connectivity index (χ2n) is 5.19. The van der Waals surface area contributed by atoms with Crippen molar-refractivity contribution in [3.63, 3.8) is 0 Å². The number of ether oxygens (including phenoxy) is 1. The van der Waals surface area contributed by atoms with E-state index in [9.17, 15) is 9.90 Å². The Bertz CT molecular complexity index is 300. The summed E-state index contributed by atoms with van der Waals surface area (Å²) in [5.74, 6) is 0.135. The number of nitrogens with zero attached hydrogens (tertiary/aromatic N) is 2. The zero-order valence-electron chi connectivity index (χ0n) is 10.9. The van der Waals surface area contributed by atoms with Crippen molar-refractivity contribution in [1.29, 1.82) is 0 Å². The molecule has 2 heterocycles. The second kappa shape index (κ2) is 5.97. The van der Waals surface area contributed by atoms with Gasteiger partial charge < -0.3 is 20.5 Å². The molecule has 2 aliphatic heterocycles. The fourth-order valence-corrected chi connectivity index (χ4v) is 2.59. The van der Waals surface area contributed by atoms with Crippen molar-refractivity contribution < 1.29 is 14.6 Å². The van der Waals surface area contributed by atoms with Crippen LogP contribution in [0, 0.1) is 0 Å². The zero-order chi connectivity index (χ0) is 13.1. The highest BCUT2D eigenvalue weighted by Crippen LogP contribution is 2.15. The molecule has 6 heteroatoms. The summed E-state index contributed by atoms with van der Waals surface area (Å²) in [5, 5.41) is 9.86. The van der Waals surface area contributed by atoms with Gasteiger partial charge in [0.2, 0.25) is 5.91 Å². The highest BCUT2D eigenvalue weighted by molar-refractivity contribution is 5.73. The van der Waals surface area contributed by atoms with E-state index < -0.39 is 6.10 Å². The van der Waals surface area contributed by atoms with Crippen LogP contribution in [0.25, 0.3) is 0 Å². The van der Waals surface area contributed by atoms with Gasteiger partial charge in [0.15, 0.2) is 0 Å². The average Bonchev–Trinajstić information content (AvgIpc) is 2.58. The van der Waals surface area contributed by atoms with E-state index >= 15 is 0 Å². The van der Waals surface area contributed by atoms with Gasteiger partial charge in [-0.05, 0) is 13.0 Å². The van der Waals surface area contributed by atoms with Gasteiger partial charge in [0.25, 0.3) is 0 Å². The summed E-state index contributed by atoms with van der Waals surface area (Å²) in [4.78, 5) is 15.4. The fourth-order valence-electron chi connectivity index (χ4n) is 2.59.